The third kappa shape index (κ3) is 5.65. The normalized spacial score (nSPS) is 13.6. The van der Waals surface area contributed by atoms with Gasteiger partial charge in [-0.25, -0.2) is 27.6 Å². The molecule has 40 heavy (non-hydrogen) atoms. The van der Waals surface area contributed by atoms with E-state index in [1.54, 1.807) is 30.3 Å². The molecular formula is C25H22F2N6O5S2. The summed E-state index contributed by atoms with van der Waals surface area (Å²) in [5.74, 6) is -2.28. The number of amides is 3. The van der Waals surface area contributed by atoms with Crippen LogP contribution in [0.1, 0.15) is 11.1 Å². The second kappa shape index (κ2) is 10.7. The summed E-state index contributed by atoms with van der Waals surface area (Å²) in [6.45, 7) is 0.0653. The Morgan fingerprint density at radius 3 is 2.67 bits per heavy atom. The molecule has 11 nitrogen and oxygen atoms in total. The van der Waals surface area contributed by atoms with Gasteiger partial charge in [0, 0.05) is 38.0 Å². The maximum Gasteiger partial charge on any atom is 0.330 e. The lowest BCUT2D eigenvalue weighted by molar-refractivity contribution is -0.120. The minimum absolute atomic E-state index is 0.0581. The van der Waals surface area contributed by atoms with Crippen molar-refractivity contribution in [2.45, 2.75) is 18.9 Å². The van der Waals surface area contributed by atoms with Crippen LogP contribution < -0.4 is 24.1 Å². The van der Waals surface area contributed by atoms with E-state index in [0.29, 0.717) is 34.0 Å². The van der Waals surface area contributed by atoms with E-state index in [0.717, 1.165) is 27.8 Å². The number of urea groups is 1. The van der Waals surface area contributed by atoms with Gasteiger partial charge in [-0.15, -0.1) is 0 Å². The van der Waals surface area contributed by atoms with Crippen LogP contribution in [0.2, 0.25) is 0 Å². The van der Waals surface area contributed by atoms with E-state index in [-0.39, 0.29) is 29.2 Å². The summed E-state index contributed by atoms with van der Waals surface area (Å²) >= 11 is 0.995. The van der Waals surface area contributed by atoms with Crippen molar-refractivity contribution in [1.29, 1.82) is 0 Å². The molecule has 1 aliphatic heterocycles. The van der Waals surface area contributed by atoms with Gasteiger partial charge in [0.25, 0.3) is 0 Å². The van der Waals surface area contributed by atoms with E-state index >= 15 is 0 Å². The highest BCUT2D eigenvalue weighted by atomic mass is 32.2. The molecule has 0 bridgehead atoms. The number of nitrogens with one attached hydrogen (secondary N) is 3. The van der Waals surface area contributed by atoms with Gasteiger partial charge in [0.1, 0.15) is 23.5 Å². The zero-order valence-electron chi connectivity index (χ0n) is 20.9. The van der Waals surface area contributed by atoms with Gasteiger partial charge in [0.15, 0.2) is 0 Å². The Kier molecular flexibility index (Phi) is 7.25. The number of rotatable bonds is 7. The number of H-pyrrole nitrogens is 1. The lowest BCUT2D eigenvalue weighted by atomic mass is 10.0. The molecule has 0 spiro atoms. The van der Waals surface area contributed by atoms with Crippen molar-refractivity contribution < 1.29 is 26.8 Å². The minimum Gasteiger partial charge on any atom is -0.325 e. The van der Waals surface area contributed by atoms with Crippen molar-refractivity contribution >= 4 is 55.2 Å². The first kappa shape index (κ1) is 27.2. The zero-order valence-corrected chi connectivity index (χ0v) is 22.5. The van der Waals surface area contributed by atoms with E-state index < -0.39 is 39.8 Å². The average Bonchev–Trinajstić information content (AvgIpc) is 3.49. The topological polar surface area (TPSA) is 145 Å². The second-order valence-corrected chi connectivity index (χ2v) is 11.6. The monoisotopic (exact) mass is 588 g/mol. The van der Waals surface area contributed by atoms with Crippen LogP contribution in [0.15, 0.2) is 59.5 Å². The number of carbonyl (C=O) groups excluding carboxylic acids is 2. The molecule has 2 aromatic heterocycles. The number of fused-ring (bicyclic) bond motifs is 2. The third-order valence-corrected chi connectivity index (χ3v) is 8.53. The number of likely N-dealkylation sites (N-methyl/N-ethyl adjacent to an activating group) is 1. The van der Waals surface area contributed by atoms with Crippen LogP contribution in [0, 0.1) is 11.6 Å². The summed E-state index contributed by atoms with van der Waals surface area (Å²) in [7, 11) is -2.98. The zero-order chi connectivity index (χ0) is 28.6. The molecule has 5 rings (SSSR count). The summed E-state index contributed by atoms with van der Waals surface area (Å²) in [5, 5.41) is 2.33. The fourth-order valence-corrected chi connectivity index (χ4v) is 6.29. The Bertz CT molecular complexity index is 1770. The lowest BCUT2D eigenvalue weighted by Gasteiger charge is -2.26. The number of anilines is 2. The number of hydrogen-bond donors (Lipinski definition) is 3. The van der Waals surface area contributed by atoms with Crippen molar-refractivity contribution in [2.75, 3.05) is 22.8 Å². The maximum atomic E-state index is 13.9. The minimum atomic E-state index is -4.39. The predicted molar refractivity (Wildman–Crippen MR) is 146 cm³/mol. The van der Waals surface area contributed by atoms with Crippen LogP contribution in [0.5, 0.6) is 0 Å². The number of thiazole rings is 1. The molecule has 3 N–H and O–H groups in total. The van der Waals surface area contributed by atoms with Crippen molar-refractivity contribution in [2.24, 2.45) is 0 Å². The van der Waals surface area contributed by atoms with Crippen molar-refractivity contribution in [3.63, 3.8) is 0 Å². The number of benzene rings is 2. The molecule has 4 aromatic rings. The van der Waals surface area contributed by atoms with Gasteiger partial charge in [0.05, 0.1) is 10.2 Å². The SMILES string of the molecule is CN(C(=O)[C@H](Cc1cc(F)cc(F)c1)NC(=O)NS(=O)(=O)N1CCc2cccnc21)c1ccc2sc(=O)[nH]c2c1. The molecule has 0 saturated heterocycles. The molecule has 0 fully saturated rings. The molecule has 208 valence electrons. The average molecular weight is 589 g/mol. The Balaban J connectivity index is 1.39. The van der Waals surface area contributed by atoms with Gasteiger partial charge >= 0.3 is 21.1 Å². The molecule has 0 radical (unpaired) electrons. The summed E-state index contributed by atoms with van der Waals surface area (Å²) in [5.41, 5.74) is 1.60. The van der Waals surface area contributed by atoms with E-state index in [1.165, 1.54) is 18.1 Å². The van der Waals surface area contributed by atoms with Gasteiger partial charge in [-0.1, -0.05) is 17.4 Å². The fourth-order valence-electron chi connectivity index (χ4n) is 4.45. The molecule has 3 amide bonds. The molecule has 1 atom stereocenters. The summed E-state index contributed by atoms with van der Waals surface area (Å²) in [4.78, 5) is 45.8. The molecule has 0 aliphatic carbocycles. The molecule has 2 aromatic carbocycles. The van der Waals surface area contributed by atoms with Crippen molar-refractivity contribution in [3.05, 3.63) is 87.2 Å². The van der Waals surface area contributed by atoms with Crippen LogP contribution >= 0.6 is 11.3 Å². The first-order valence-corrected chi connectivity index (χ1v) is 14.2. The predicted octanol–water partition coefficient (Wildman–Crippen LogP) is 2.44. The number of nitrogens with zero attached hydrogens (tertiary/aromatic N) is 3. The summed E-state index contributed by atoms with van der Waals surface area (Å²) in [6.07, 6.45) is 1.48. The van der Waals surface area contributed by atoms with Crippen molar-refractivity contribution in [1.82, 2.24) is 20.0 Å². The fraction of sp³-hybridized carbons (Fsp3) is 0.200. The molecule has 0 saturated carbocycles. The Hall–Kier alpha value is -4.37. The molecular weight excluding hydrogens is 566 g/mol. The van der Waals surface area contributed by atoms with E-state index in [9.17, 15) is 31.6 Å². The van der Waals surface area contributed by atoms with Gasteiger partial charge in [-0.3, -0.25) is 9.59 Å². The number of carbonyl (C=O) groups is 2. The highest BCUT2D eigenvalue weighted by Gasteiger charge is 2.33. The van der Waals surface area contributed by atoms with Crippen LogP contribution in [0.25, 0.3) is 10.2 Å². The highest BCUT2D eigenvalue weighted by molar-refractivity contribution is 7.91. The van der Waals surface area contributed by atoms with E-state index in [2.05, 4.69) is 15.3 Å². The maximum absolute atomic E-state index is 13.9. The second-order valence-electron chi connectivity index (χ2n) is 9.02. The number of pyridine rings is 1. The molecule has 15 heteroatoms. The molecule has 0 unspecified atom stereocenters. The highest BCUT2D eigenvalue weighted by Crippen LogP contribution is 2.27. The number of aromatic nitrogens is 2. The molecule has 1 aliphatic rings. The smallest absolute Gasteiger partial charge is 0.325 e. The standard InChI is InChI=1S/C25H22F2N6O5S2/c1-32(18-4-5-21-19(13-18)30-25(36)39-21)23(34)20(11-14-9-16(26)12-17(27)10-14)29-24(35)31-40(37,38)33-8-6-15-3-2-7-28-22(15)33/h2-5,7,9-10,12-13,20H,6,8,11H2,1H3,(H,30,36)(H2,29,31,35)/t20-/m0/s1. The first-order chi connectivity index (χ1) is 19.0. The summed E-state index contributed by atoms with van der Waals surface area (Å²) in [6, 6.07) is 8.23. The number of aromatic amines is 1. The van der Waals surface area contributed by atoms with Crippen LogP contribution in [-0.2, 0) is 27.8 Å². The quantitative estimate of drug-likeness (QED) is 0.303. The largest absolute Gasteiger partial charge is 0.330 e. The van der Waals surface area contributed by atoms with Gasteiger partial charge < -0.3 is 15.2 Å². The van der Waals surface area contributed by atoms with Crippen molar-refractivity contribution in [3.8, 4) is 0 Å². The lowest BCUT2D eigenvalue weighted by Crippen LogP contribution is -2.54. The third-order valence-electron chi connectivity index (χ3n) is 6.29. The van der Waals surface area contributed by atoms with E-state index in [1.807, 2.05) is 4.72 Å². The van der Waals surface area contributed by atoms with Gasteiger partial charge in [-0.05, 0) is 53.9 Å². The summed E-state index contributed by atoms with van der Waals surface area (Å²) < 4.78 is 57.2. The molecule has 3 heterocycles. The van der Waals surface area contributed by atoms with Gasteiger partial charge in [0.2, 0.25) is 5.91 Å². The number of halogens is 2. The van der Waals surface area contributed by atoms with Crippen LogP contribution in [0.4, 0.5) is 25.1 Å². The first-order valence-electron chi connectivity index (χ1n) is 11.9. The van der Waals surface area contributed by atoms with Crippen LogP contribution in [-0.4, -0.2) is 50.0 Å². The Morgan fingerprint density at radius 2 is 1.93 bits per heavy atom. The van der Waals surface area contributed by atoms with E-state index in [4.69, 9.17) is 0 Å². The van der Waals surface area contributed by atoms with Crippen LogP contribution in [0.3, 0.4) is 0 Å². The number of hydrogen-bond acceptors (Lipinski definition) is 7. The van der Waals surface area contributed by atoms with Gasteiger partial charge in [-0.2, -0.15) is 8.42 Å². The Labute approximate surface area is 230 Å². The Morgan fingerprint density at radius 1 is 1.18 bits per heavy atom.